The third-order valence-corrected chi connectivity index (χ3v) is 6.02. The van der Waals surface area contributed by atoms with Crippen LogP contribution >= 0.6 is 23.2 Å². The first-order valence-electron chi connectivity index (χ1n) is 10.4. The first-order chi connectivity index (χ1) is 15.7. The fraction of sp³-hybridized carbons (Fsp3) is 0.292. The molecular weight excluding hydrogens is 470 g/mol. The van der Waals surface area contributed by atoms with Gasteiger partial charge in [0.2, 0.25) is 0 Å². The van der Waals surface area contributed by atoms with Gasteiger partial charge in [0.15, 0.2) is 11.5 Å². The molecule has 2 aromatic carbocycles. The molecule has 174 valence electrons. The zero-order chi connectivity index (χ0) is 24.0. The molecular formula is C24H23Cl2FN2O4. The highest BCUT2D eigenvalue weighted by molar-refractivity contribution is 6.42. The molecule has 3 rings (SSSR count). The number of benzene rings is 2. The Morgan fingerprint density at radius 1 is 1.03 bits per heavy atom. The van der Waals surface area contributed by atoms with E-state index >= 15 is 0 Å². The zero-order valence-electron chi connectivity index (χ0n) is 17.7. The minimum atomic E-state index is -0.744. The van der Waals surface area contributed by atoms with Crippen LogP contribution in [0.25, 0.3) is 0 Å². The molecule has 6 nitrogen and oxygen atoms in total. The molecule has 0 spiro atoms. The Morgan fingerprint density at radius 3 is 2.42 bits per heavy atom. The van der Waals surface area contributed by atoms with Gasteiger partial charge >= 0.3 is 0 Å². The highest BCUT2D eigenvalue weighted by Crippen LogP contribution is 2.23. The molecule has 0 saturated heterocycles. The highest BCUT2D eigenvalue weighted by atomic mass is 35.5. The fourth-order valence-electron chi connectivity index (χ4n) is 3.45. The van der Waals surface area contributed by atoms with E-state index in [9.17, 15) is 23.9 Å². The van der Waals surface area contributed by atoms with Crippen molar-refractivity contribution in [2.45, 2.75) is 25.7 Å². The van der Waals surface area contributed by atoms with E-state index in [4.69, 9.17) is 23.2 Å². The SMILES string of the molecule is O=C(CCc1ccc(F)cc1)CN1CC(C(=O)NCCCc2ccc(Cl)c(Cl)c2)=C(O)C1=O. The van der Waals surface area contributed by atoms with Crippen molar-refractivity contribution in [1.82, 2.24) is 10.2 Å². The lowest BCUT2D eigenvalue weighted by molar-refractivity contribution is -0.132. The summed E-state index contributed by atoms with van der Waals surface area (Å²) in [7, 11) is 0. The second-order valence-corrected chi connectivity index (χ2v) is 8.58. The number of aliphatic hydroxyl groups excluding tert-OH is 1. The maximum absolute atomic E-state index is 13.0. The topological polar surface area (TPSA) is 86.7 Å². The second kappa shape index (κ2) is 11.3. The number of hydrogen-bond donors (Lipinski definition) is 2. The largest absolute Gasteiger partial charge is 0.503 e. The minimum absolute atomic E-state index is 0.0547. The quantitative estimate of drug-likeness (QED) is 0.490. The van der Waals surface area contributed by atoms with Crippen LogP contribution in [0.3, 0.4) is 0 Å². The average Bonchev–Trinajstić information content (AvgIpc) is 3.07. The Kier molecular flexibility index (Phi) is 8.47. The van der Waals surface area contributed by atoms with Crippen molar-refractivity contribution < 1.29 is 23.9 Å². The summed E-state index contributed by atoms with van der Waals surface area (Å²) in [6.07, 6.45) is 1.85. The third-order valence-electron chi connectivity index (χ3n) is 5.28. The standard InChI is InChI=1S/C24H23Cl2FN2O4/c25-20-10-6-16(12-21(20)26)2-1-11-28-23(32)19-14-29(24(33)22(19)31)13-18(30)9-5-15-3-7-17(27)8-4-15/h3-4,6-8,10,12,31H,1-2,5,9,11,13-14H2,(H,28,32). The van der Waals surface area contributed by atoms with Crippen molar-refractivity contribution in [2.75, 3.05) is 19.6 Å². The van der Waals surface area contributed by atoms with E-state index in [2.05, 4.69) is 5.32 Å². The van der Waals surface area contributed by atoms with E-state index in [0.29, 0.717) is 35.9 Å². The van der Waals surface area contributed by atoms with Gasteiger partial charge in [0, 0.05) is 13.0 Å². The molecule has 1 heterocycles. The van der Waals surface area contributed by atoms with Gasteiger partial charge in [-0.25, -0.2) is 4.39 Å². The Hall–Kier alpha value is -2.90. The molecule has 0 unspecified atom stereocenters. The summed E-state index contributed by atoms with van der Waals surface area (Å²) in [5.74, 6) is -2.50. The molecule has 1 aliphatic rings. The molecule has 9 heteroatoms. The predicted molar refractivity (Wildman–Crippen MR) is 124 cm³/mol. The van der Waals surface area contributed by atoms with Crippen LogP contribution in [-0.4, -0.2) is 47.2 Å². The van der Waals surface area contributed by atoms with Crippen molar-refractivity contribution in [3.05, 3.63) is 80.8 Å². The van der Waals surface area contributed by atoms with Gasteiger partial charge < -0.3 is 15.3 Å². The molecule has 2 amide bonds. The van der Waals surface area contributed by atoms with Crippen molar-refractivity contribution >= 4 is 40.8 Å². The Balaban J connectivity index is 1.43. The molecule has 0 aromatic heterocycles. The number of amides is 2. The van der Waals surface area contributed by atoms with E-state index in [0.717, 1.165) is 16.0 Å². The Morgan fingerprint density at radius 2 is 1.73 bits per heavy atom. The zero-order valence-corrected chi connectivity index (χ0v) is 19.3. The molecule has 0 bridgehead atoms. The van der Waals surface area contributed by atoms with Gasteiger partial charge in [0.05, 0.1) is 28.7 Å². The number of aryl methyl sites for hydroxylation is 2. The number of hydrogen-bond acceptors (Lipinski definition) is 4. The summed E-state index contributed by atoms with van der Waals surface area (Å²) in [6.45, 7) is -0.00950. The molecule has 0 atom stereocenters. The summed E-state index contributed by atoms with van der Waals surface area (Å²) < 4.78 is 13.0. The second-order valence-electron chi connectivity index (χ2n) is 7.76. The summed E-state index contributed by atoms with van der Waals surface area (Å²) in [4.78, 5) is 38.1. The molecule has 0 saturated carbocycles. The van der Waals surface area contributed by atoms with Gasteiger partial charge in [-0.05, 0) is 54.7 Å². The lowest BCUT2D eigenvalue weighted by atomic mass is 10.1. The first-order valence-corrected chi connectivity index (χ1v) is 11.2. The van der Waals surface area contributed by atoms with Crippen molar-refractivity contribution in [3.63, 3.8) is 0 Å². The lowest BCUT2D eigenvalue weighted by Gasteiger charge is -2.15. The van der Waals surface area contributed by atoms with Crippen LogP contribution in [0.2, 0.25) is 10.0 Å². The lowest BCUT2D eigenvalue weighted by Crippen LogP contribution is -2.34. The molecule has 2 aromatic rings. The average molecular weight is 493 g/mol. The molecule has 0 aliphatic carbocycles. The molecule has 0 radical (unpaired) electrons. The summed E-state index contributed by atoms with van der Waals surface area (Å²) in [6, 6.07) is 11.2. The van der Waals surface area contributed by atoms with E-state index in [-0.39, 0.29) is 36.7 Å². The summed E-state index contributed by atoms with van der Waals surface area (Å²) >= 11 is 11.9. The fourth-order valence-corrected chi connectivity index (χ4v) is 3.77. The highest BCUT2D eigenvalue weighted by Gasteiger charge is 2.34. The van der Waals surface area contributed by atoms with Crippen LogP contribution in [0, 0.1) is 5.82 Å². The normalized spacial score (nSPS) is 13.5. The van der Waals surface area contributed by atoms with Crippen LogP contribution in [0.15, 0.2) is 53.8 Å². The summed E-state index contributed by atoms with van der Waals surface area (Å²) in [5.41, 5.74) is 1.72. The Labute approximate surface area is 201 Å². The van der Waals surface area contributed by atoms with Crippen LogP contribution in [0.4, 0.5) is 4.39 Å². The van der Waals surface area contributed by atoms with E-state index in [1.54, 1.807) is 24.3 Å². The first kappa shape index (κ1) is 24.7. The van der Waals surface area contributed by atoms with Gasteiger partial charge in [0.25, 0.3) is 11.8 Å². The maximum atomic E-state index is 13.0. The van der Waals surface area contributed by atoms with Gasteiger partial charge in [-0.15, -0.1) is 0 Å². The van der Waals surface area contributed by atoms with E-state index < -0.39 is 17.6 Å². The number of Topliss-reactive ketones (excluding diaryl/α,β-unsaturated/α-hetero) is 1. The van der Waals surface area contributed by atoms with Gasteiger partial charge in [0.1, 0.15) is 5.82 Å². The number of ketones is 1. The van der Waals surface area contributed by atoms with Gasteiger partial charge in [-0.1, -0.05) is 41.4 Å². The minimum Gasteiger partial charge on any atom is -0.503 e. The molecule has 1 aliphatic heterocycles. The van der Waals surface area contributed by atoms with Crippen LogP contribution in [0.1, 0.15) is 24.0 Å². The van der Waals surface area contributed by atoms with E-state index in [1.165, 1.54) is 12.1 Å². The maximum Gasteiger partial charge on any atom is 0.289 e. The number of rotatable bonds is 10. The van der Waals surface area contributed by atoms with Crippen LogP contribution in [-0.2, 0) is 27.2 Å². The van der Waals surface area contributed by atoms with Crippen molar-refractivity contribution in [3.8, 4) is 0 Å². The van der Waals surface area contributed by atoms with E-state index in [1.807, 2.05) is 6.07 Å². The Bertz CT molecular complexity index is 1090. The van der Waals surface area contributed by atoms with Gasteiger partial charge in [-0.3, -0.25) is 14.4 Å². The number of carbonyl (C=O) groups is 3. The molecule has 0 fully saturated rings. The number of halogens is 3. The monoisotopic (exact) mass is 492 g/mol. The third kappa shape index (κ3) is 6.79. The number of carbonyl (C=O) groups excluding carboxylic acids is 3. The molecule has 2 N–H and O–H groups in total. The predicted octanol–water partition coefficient (Wildman–Crippen LogP) is 4.04. The van der Waals surface area contributed by atoms with Gasteiger partial charge in [-0.2, -0.15) is 0 Å². The summed E-state index contributed by atoms with van der Waals surface area (Å²) in [5, 5.41) is 13.7. The smallest absolute Gasteiger partial charge is 0.289 e. The number of nitrogens with zero attached hydrogens (tertiary/aromatic N) is 1. The van der Waals surface area contributed by atoms with Crippen LogP contribution in [0.5, 0.6) is 0 Å². The number of aliphatic hydroxyl groups is 1. The number of nitrogens with one attached hydrogen (secondary N) is 1. The van der Waals surface area contributed by atoms with Crippen molar-refractivity contribution in [2.24, 2.45) is 0 Å². The van der Waals surface area contributed by atoms with Crippen molar-refractivity contribution in [1.29, 1.82) is 0 Å². The van der Waals surface area contributed by atoms with Crippen LogP contribution < -0.4 is 5.32 Å². The molecule has 33 heavy (non-hydrogen) atoms.